The SMILES string of the molecule is CCOc1cc(C(C)N2CCc3c(cc(CCN(C)CC)cc3-c3cc(C)cnc3C(F)F)C2=O)ncc1C#N. The van der Waals surface area contributed by atoms with Crippen LogP contribution < -0.4 is 4.74 Å². The first-order chi connectivity index (χ1) is 19.2. The number of aryl methyl sites for hydroxylation is 1. The van der Waals surface area contributed by atoms with Gasteiger partial charge in [-0.25, -0.2) is 8.78 Å². The van der Waals surface area contributed by atoms with Gasteiger partial charge in [0.05, 0.1) is 18.3 Å². The number of hydrogen-bond donors (Lipinski definition) is 0. The second-order valence-electron chi connectivity index (χ2n) is 10.1. The summed E-state index contributed by atoms with van der Waals surface area (Å²) in [6, 6.07) is 9.01. The number of nitrogens with zero attached hydrogens (tertiary/aromatic N) is 5. The number of alkyl halides is 2. The summed E-state index contributed by atoms with van der Waals surface area (Å²) in [6.07, 6.45) is 1.36. The Kier molecular flexibility index (Phi) is 9.10. The molecule has 1 atom stereocenters. The van der Waals surface area contributed by atoms with Crippen LogP contribution >= 0.6 is 0 Å². The third-order valence-corrected chi connectivity index (χ3v) is 7.48. The van der Waals surface area contributed by atoms with Crippen LogP contribution in [0.4, 0.5) is 8.78 Å². The van der Waals surface area contributed by atoms with E-state index in [1.165, 1.54) is 12.4 Å². The summed E-state index contributed by atoms with van der Waals surface area (Å²) in [5, 5.41) is 9.40. The first-order valence-corrected chi connectivity index (χ1v) is 13.6. The van der Waals surface area contributed by atoms with E-state index < -0.39 is 6.43 Å². The molecule has 1 aromatic carbocycles. The molecule has 2 aromatic heterocycles. The third kappa shape index (κ3) is 5.97. The van der Waals surface area contributed by atoms with Crippen LogP contribution in [-0.2, 0) is 12.8 Å². The number of carbonyl (C=O) groups excluding carboxylic acids is 1. The zero-order chi connectivity index (χ0) is 29.0. The molecule has 40 heavy (non-hydrogen) atoms. The van der Waals surface area contributed by atoms with Crippen LogP contribution in [0, 0.1) is 18.3 Å². The van der Waals surface area contributed by atoms with Crippen molar-refractivity contribution in [3.05, 3.63) is 75.9 Å². The fourth-order valence-electron chi connectivity index (χ4n) is 5.08. The van der Waals surface area contributed by atoms with Gasteiger partial charge in [-0.2, -0.15) is 5.26 Å². The summed E-state index contributed by atoms with van der Waals surface area (Å²) < 4.78 is 33.8. The molecule has 1 aliphatic rings. The number of hydrogen-bond acceptors (Lipinski definition) is 6. The van der Waals surface area contributed by atoms with Crippen LogP contribution in [0.5, 0.6) is 5.75 Å². The minimum atomic E-state index is -2.74. The molecule has 1 aliphatic heterocycles. The molecule has 4 rings (SSSR count). The first-order valence-electron chi connectivity index (χ1n) is 13.6. The van der Waals surface area contributed by atoms with E-state index in [0.29, 0.717) is 59.7 Å². The van der Waals surface area contributed by atoms with Crippen LogP contribution in [0.15, 0.2) is 36.7 Å². The van der Waals surface area contributed by atoms with E-state index in [9.17, 15) is 18.8 Å². The minimum Gasteiger partial charge on any atom is -0.492 e. The van der Waals surface area contributed by atoms with E-state index in [0.717, 1.165) is 29.8 Å². The number of carbonyl (C=O) groups is 1. The maximum absolute atomic E-state index is 14.1. The summed E-state index contributed by atoms with van der Waals surface area (Å²) >= 11 is 0. The van der Waals surface area contributed by atoms with E-state index in [4.69, 9.17) is 4.74 Å². The highest BCUT2D eigenvalue weighted by Crippen LogP contribution is 2.38. The zero-order valence-corrected chi connectivity index (χ0v) is 23.7. The van der Waals surface area contributed by atoms with Gasteiger partial charge in [0, 0.05) is 42.7 Å². The minimum absolute atomic E-state index is 0.177. The van der Waals surface area contributed by atoms with Crippen LogP contribution in [0.25, 0.3) is 11.1 Å². The molecule has 9 heteroatoms. The Bertz CT molecular complexity index is 1440. The number of benzene rings is 1. The molecule has 0 fully saturated rings. The quantitative estimate of drug-likeness (QED) is 0.314. The molecular formula is C31H35F2N5O2. The molecule has 1 amide bonds. The largest absolute Gasteiger partial charge is 0.492 e. The van der Waals surface area contributed by atoms with E-state index in [-0.39, 0.29) is 17.6 Å². The maximum Gasteiger partial charge on any atom is 0.280 e. The number of halogens is 2. The van der Waals surface area contributed by atoms with Gasteiger partial charge in [0.15, 0.2) is 0 Å². The normalized spacial score (nSPS) is 13.9. The van der Waals surface area contributed by atoms with Crippen molar-refractivity contribution in [2.24, 2.45) is 0 Å². The molecule has 210 valence electrons. The van der Waals surface area contributed by atoms with Crippen LogP contribution in [0.2, 0.25) is 0 Å². The first kappa shape index (κ1) is 29.1. The topological polar surface area (TPSA) is 82.3 Å². The van der Waals surface area contributed by atoms with Gasteiger partial charge >= 0.3 is 0 Å². The predicted octanol–water partition coefficient (Wildman–Crippen LogP) is 5.91. The molecule has 0 saturated carbocycles. The number of rotatable bonds is 10. The van der Waals surface area contributed by atoms with Crippen molar-refractivity contribution in [1.29, 1.82) is 5.26 Å². The average Bonchev–Trinajstić information content (AvgIpc) is 2.95. The molecular weight excluding hydrogens is 512 g/mol. The fourth-order valence-corrected chi connectivity index (χ4v) is 5.08. The molecule has 3 aromatic rings. The Morgan fingerprint density at radius 1 is 1.12 bits per heavy atom. The number of ether oxygens (including phenoxy) is 1. The zero-order valence-electron chi connectivity index (χ0n) is 23.7. The van der Waals surface area contributed by atoms with Crippen molar-refractivity contribution in [1.82, 2.24) is 19.8 Å². The van der Waals surface area contributed by atoms with Crippen LogP contribution in [0.3, 0.4) is 0 Å². The number of likely N-dealkylation sites (N-methyl/N-ethyl adjacent to an activating group) is 1. The number of nitriles is 1. The van der Waals surface area contributed by atoms with Gasteiger partial charge in [-0.1, -0.05) is 13.0 Å². The lowest BCUT2D eigenvalue weighted by Gasteiger charge is -2.35. The summed E-state index contributed by atoms with van der Waals surface area (Å²) in [5.74, 6) is 0.256. The van der Waals surface area contributed by atoms with Gasteiger partial charge in [0.2, 0.25) is 0 Å². The highest BCUT2D eigenvalue weighted by atomic mass is 19.3. The summed E-state index contributed by atoms with van der Waals surface area (Å²) in [4.78, 5) is 26.4. The Hall–Kier alpha value is -3.90. The number of amides is 1. The lowest BCUT2D eigenvalue weighted by atomic mass is 9.86. The smallest absolute Gasteiger partial charge is 0.280 e. The lowest BCUT2D eigenvalue weighted by molar-refractivity contribution is 0.0669. The summed E-state index contributed by atoms with van der Waals surface area (Å²) in [7, 11) is 2.02. The van der Waals surface area contributed by atoms with Crippen LogP contribution in [0.1, 0.15) is 77.2 Å². The van der Waals surface area contributed by atoms with Gasteiger partial charge < -0.3 is 14.5 Å². The monoisotopic (exact) mass is 547 g/mol. The molecule has 0 radical (unpaired) electrons. The van der Waals surface area contributed by atoms with E-state index in [1.54, 1.807) is 17.0 Å². The summed E-state index contributed by atoms with van der Waals surface area (Å²) in [6.45, 7) is 10.1. The van der Waals surface area contributed by atoms with Crippen molar-refractivity contribution in [3.63, 3.8) is 0 Å². The Balaban J connectivity index is 1.79. The average molecular weight is 548 g/mol. The number of pyridine rings is 2. The van der Waals surface area contributed by atoms with E-state index >= 15 is 0 Å². The Labute approximate surface area is 234 Å². The standard InChI is InChI=1S/C31H35F2N5O2/c1-6-37(5)10-8-21-13-24(25-12-19(3)17-36-29(25)30(32)33)23-9-11-38(31(39)26(23)14-21)20(4)27-15-28(40-7-2)22(16-34)18-35-27/h12-15,17-18,20,30H,6-11H2,1-5H3. The molecule has 0 N–H and O–H groups in total. The van der Waals surface area contributed by atoms with Crippen molar-refractivity contribution in [2.45, 2.75) is 53.0 Å². The molecule has 7 nitrogen and oxygen atoms in total. The number of fused-ring (bicyclic) bond motifs is 1. The molecule has 0 saturated heterocycles. The Morgan fingerprint density at radius 3 is 2.55 bits per heavy atom. The van der Waals surface area contributed by atoms with Gasteiger partial charge in [-0.05, 0) is 81.6 Å². The van der Waals surface area contributed by atoms with E-state index in [1.807, 2.05) is 40.0 Å². The fraction of sp³-hybridized carbons (Fsp3) is 0.419. The summed E-state index contributed by atoms with van der Waals surface area (Å²) in [5.41, 5.74) is 4.67. The van der Waals surface area contributed by atoms with Crippen molar-refractivity contribution >= 4 is 5.91 Å². The second-order valence-corrected chi connectivity index (χ2v) is 10.1. The Morgan fingerprint density at radius 2 is 1.88 bits per heavy atom. The lowest BCUT2D eigenvalue weighted by Crippen LogP contribution is -2.40. The molecule has 0 bridgehead atoms. The molecule has 3 heterocycles. The third-order valence-electron chi connectivity index (χ3n) is 7.48. The van der Waals surface area contributed by atoms with Crippen LogP contribution in [-0.4, -0.2) is 59.0 Å². The molecule has 1 unspecified atom stereocenters. The van der Waals surface area contributed by atoms with Crippen molar-refractivity contribution in [3.8, 4) is 22.9 Å². The van der Waals surface area contributed by atoms with Gasteiger partial charge in [0.25, 0.3) is 12.3 Å². The predicted molar refractivity (Wildman–Crippen MR) is 150 cm³/mol. The number of aromatic nitrogens is 2. The van der Waals surface area contributed by atoms with Gasteiger partial charge in [-0.15, -0.1) is 0 Å². The van der Waals surface area contributed by atoms with Gasteiger partial charge in [-0.3, -0.25) is 14.8 Å². The molecule has 0 aliphatic carbocycles. The second kappa shape index (κ2) is 12.5. The van der Waals surface area contributed by atoms with Crippen molar-refractivity contribution in [2.75, 3.05) is 33.3 Å². The highest BCUT2D eigenvalue weighted by molar-refractivity contribution is 5.99. The molecule has 0 spiro atoms. The van der Waals surface area contributed by atoms with Crippen molar-refractivity contribution < 1.29 is 18.3 Å². The van der Waals surface area contributed by atoms with Gasteiger partial charge in [0.1, 0.15) is 23.1 Å². The maximum atomic E-state index is 14.1. The van der Waals surface area contributed by atoms with E-state index in [2.05, 4.69) is 27.9 Å². The highest BCUT2D eigenvalue weighted by Gasteiger charge is 2.32.